The molecule has 6 heteroatoms. The molecule has 0 aliphatic carbocycles. The molecule has 2 heterocycles. The number of halogens is 2. The van der Waals surface area contributed by atoms with E-state index in [4.69, 9.17) is 0 Å². The number of aromatic nitrogens is 3. The van der Waals surface area contributed by atoms with Crippen LogP contribution in [-0.2, 0) is 6.42 Å². The predicted molar refractivity (Wildman–Crippen MR) is 89.2 cm³/mol. The van der Waals surface area contributed by atoms with E-state index in [1.807, 2.05) is 13.1 Å². The number of hydrogen-bond donors (Lipinski definition) is 1. The molecular formula is C13H14BrIN4. The average Bonchev–Trinajstić information content (AvgIpc) is 2.41. The lowest BCUT2D eigenvalue weighted by Gasteiger charge is -2.10. The Balaban J connectivity index is 2.54. The SMILES string of the molecule is CCCc1nc(-c2cncc(Br)c2)nc(NC)c1I. The van der Waals surface area contributed by atoms with Gasteiger partial charge in [0.15, 0.2) is 5.82 Å². The number of hydrogen-bond acceptors (Lipinski definition) is 4. The highest BCUT2D eigenvalue weighted by Gasteiger charge is 2.12. The molecule has 0 spiro atoms. The van der Waals surface area contributed by atoms with Gasteiger partial charge in [-0.1, -0.05) is 13.3 Å². The van der Waals surface area contributed by atoms with Crippen LogP contribution in [0.4, 0.5) is 5.82 Å². The van der Waals surface area contributed by atoms with Crippen molar-refractivity contribution in [2.45, 2.75) is 19.8 Å². The first-order chi connectivity index (χ1) is 9.15. The standard InChI is InChI=1S/C13H14BrIN4/c1-3-4-10-11(15)13(16-2)19-12(18-10)8-5-9(14)7-17-6-8/h5-7H,3-4H2,1-2H3,(H,16,18,19). The van der Waals surface area contributed by atoms with Crippen molar-refractivity contribution in [3.05, 3.63) is 32.2 Å². The molecule has 0 aliphatic heterocycles. The summed E-state index contributed by atoms with van der Waals surface area (Å²) in [5.74, 6) is 1.58. The van der Waals surface area contributed by atoms with E-state index in [2.05, 4.69) is 65.7 Å². The Hall–Kier alpha value is -0.760. The Kier molecular flexibility index (Phi) is 5.09. The van der Waals surface area contributed by atoms with Crippen LogP contribution in [0, 0.1) is 3.57 Å². The molecule has 0 saturated carbocycles. The summed E-state index contributed by atoms with van der Waals surface area (Å²) in [5, 5.41) is 3.13. The summed E-state index contributed by atoms with van der Waals surface area (Å²) in [7, 11) is 1.88. The first-order valence-electron chi connectivity index (χ1n) is 6.00. The maximum Gasteiger partial charge on any atom is 0.163 e. The van der Waals surface area contributed by atoms with Crippen molar-refractivity contribution in [2.75, 3.05) is 12.4 Å². The zero-order chi connectivity index (χ0) is 13.8. The predicted octanol–water partition coefficient (Wildman–Crippen LogP) is 3.90. The third-order valence-electron chi connectivity index (χ3n) is 2.61. The van der Waals surface area contributed by atoms with E-state index >= 15 is 0 Å². The van der Waals surface area contributed by atoms with Gasteiger partial charge in [-0.05, 0) is 51.0 Å². The van der Waals surface area contributed by atoms with Gasteiger partial charge < -0.3 is 5.32 Å². The molecule has 0 saturated heterocycles. The first-order valence-corrected chi connectivity index (χ1v) is 7.88. The van der Waals surface area contributed by atoms with Gasteiger partial charge in [-0.15, -0.1) is 0 Å². The molecule has 4 nitrogen and oxygen atoms in total. The highest BCUT2D eigenvalue weighted by atomic mass is 127. The molecule has 0 fully saturated rings. The summed E-state index contributed by atoms with van der Waals surface area (Å²) in [6.07, 6.45) is 5.54. The van der Waals surface area contributed by atoms with Crippen LogP contribution in [0.25, 0.3) is 11.4 Å². The summed E-state index contributed by atoms with van der Waals surface area (Å²) in [6, 6.07) is 1.98. The zero-order valence-electron chi connectivity index (χ0n) is 10.7. The van der Waals surface area contributed by atoms with Crippen LogP contribution in [0.15, 0.2) is 22.9 Å². The fraction of sp³-hybridized carbons (Fsp3) is 0.308. The minimum absolute atomic E-state index is 0.710. The van der Waals surface area contributed by atoms with Gasteiger partial charge in [-0.25, -0.2) is 9.97 Å². The molecule has 0 aliphatic rings. The highest BCUT2D eigenvalue weighted by Crippen LogP contribution is 2.25. The monoisotopic (exact) mass is 432 g/mol. The highest BCUT2D eigenvalue weighted by molar-refractivity contribution is 14.1. The topological polar surface area (TPSA) is 50.7 Å². The number of rotatable bonds is 4. The Morgan fingerprint density at radius 1 is 1.32 bits per heavy atom. The van der Waals surface area contributed by atoms with E-state index in [-0.39, 0.29) is 0 Å². The lowest BCUT2D eigenvalue weighted by Crippen LogP contribution is -2.05. The van der Waals surface area contributed by atoms with Crippen LogP contribution in [0.1, 0.15) is 19.0 Å². The number of anilines is 1. The maximum absolute atomic E-state index is 4.66. The molecule has 2 aromatic heterocycles. The van der Waals surface area contributed by atoms with Gasteiger partial charge in [0.05, 0.1) is 9.26 Å². The van der Waals surface area contributed by atoms with Gasteiger partial charge in [0.25, 0.3) is 0 Å². The second-order valence-electron chi connectivity index (χ2n) is 4.05. The molecule has 0 amide bonds. The van der Waals surface area contributed by atoms with Crippen molar-refractivity contribution in [2.24, 2.45) is 0 Å². The molecule has 0 radical (unpaired) electrons. The number of aryl methyl sites for hydroxylation is 1. The number of nitrogens with zero attached hydrogens (tertiary/aromatic N) is 3. The van der Waals surface area contributed by atoms with E-state index < -0.39 is 0 Å². The summed E-state index contributed by atoms with van der Waals surface area (Å²) >= 11 is 5.72. The average molecular weight is 433 g/mol. The Bertz CT molecular complexity index is 589. The fourth-order valence-corrected chi connectivity index (χ4v) is 2.87. The minimum atomic E-state index is 0.710. The summed E-state index contributed by atoms with van der Waals surface area (Å²) < 4.78 is 2.02. The minimum Gasteiger partial charge on any atom is -0.372 e. The molecule has 0 atom stereocenters. The molecule has 2 aromatic rings. The second kappa shape index (κ2) is 6.60. The Labute approximate surface area is 134 Å². The van der Waals surface area contributed by atoms with Crippen molar-refractivity contribution in [3.8, 4) is 11.4 Å². The second-order valence-corrected chi connectivity index (χ2v) is 6.04. The Morgan fingerprint density at radius 2 is 2.11 bits per heavy atom. The molecule has 19 heavy (non-hydrogen) atoms. The van der Waals surface area contributed by atoms with Crippen molar-refractivity contribution >= 4 is 44.3 Å². The summed E-state index contributed by atoms with van der Waals surface area (Å²) in [6.45, 7) is 2.15. The molecule has 0 unspecified atom stereocenters. The quantitative estimate of drug-likeness (QED) is 0.744. The van der Waals surface area contributed by atoms with Gasteiger partial charge in [0.2, 0.25) is 0 Å². The van der Waals surface area contributed by atoms with Gasteiger partial charge in [-0.3, -0.25) is 4.98 Å². The zero-order valence-corrected chi connectivity index (χ0v) is 14.5. The van der Waals surface area contributed by atoms with Crippen molar-refractivity contribution < 1.29 is 0 Å². The van der Waals surface area contributed by atoms with Gasteiger partial charge in [0, 0.05) is 29.5 Å². The third kappa shape index (κ3) is 3.42. The van der Waals surface area contributed by atoms with Crippen LogP contribution >= 0.6 is 38.5 Å². The van der Waals surface area contributed by atoms with Gasteiger partial charge >= 0.3 is 0 Å². The van der Waals surface area contributed by atoms with Gasteiger partial charge in [-0.2, -0.15) is 0 Å². The van der Waals surface area contributed by atoms with E-state index in [1.165, 1.54) is 0 Å². The van der Waals surface area contributed by atoms with Crippen LogP contribution < -0.4 is 5.32 Å². The lowest BCUT2D eigenvalue weighted by molar-refractivity contribution is 0.868. The van der Waals surface area contributed by atoms with Gasteiger partial charge in [0.1, 0.15) is 5.82 Å². The van der Waals surface area contributed by atoms with E-state index in [1.54, 1.807) is 12.4 Å². The van der Waals surface area contributed by atoms with Crippen molar-refractivity contribution in [1.29, 1.82) is 0 Å². The fourth-order valence-electron chi connectivity index (χ4n) is 1.72. The molecule has 1 N–H and O–H groups in total. The van der Waals surface area contributed by atoms with E-state index in [0.29, 0.717) is 5.82 Å². The third-order valence-corrected chi connectivity index (χ3v) is 4.17. The molecule has 2 rings (SSSR count). The smallest absolute Gasteiger partial charge is 0.163 e. The van der Waals surface area contributed by atoms with Crippen molar-refractivity contribution in [1.82, 2.24) is 15.0 Å². The van der Waals surface area contributed by atoms with Crippen molar-refractivity contribution in [3.63, 3.8) is 0 Å². The molecule has 0 aromatic carbocycles. The van der Waals surface area contributed by atoms with Crippen LogP contribution in [0.5, 0.6) is 0 Å². The maximum atomic E-state index is 4.66. The van der Waals surface area contributed by atoms with E-state index in [9.17, 15) is 0 Å². The number of pyridine rings is 1. The number of nitrogens with one attached hydrogen (secondary N) is 1. The summed E-state index contributed by atoms with van der Waals surface area (Å²) in [5.41, 5.74) is 2.00. The molecule has 0 bridgehead atoms. The van der Waals surface area contributed by atoms with Crippen LogP contribution in [0.3, 0.4) is 0 Å². The largest absolute Gasteiger partial charge is 0.372 e. The molecule has 100 valence electrons. The first kappa shape index (κ1) is 14.6. The molecular weight excluding hydrogens is 419 g/mol. The lowest BCUT2D eigenvalue weighted by atomic mass is 10.2. The summed E-state index contributed by atoms with van der Waals surface area (Å²) in [4.78, 5) is 13.4. The normalized spacial score (nSPS) is 10.5. The van der Waals surface area contributed by atoms with Crippen LogP contribution in [-0.4, -0.2) is 22.0 Å². The van der Waals surface area contributed by atoms with Crippen LogP contribution in [0.2, 0.25) is 0 Å². The van der Waals surface area contributed by atoms with E-state index in [0.717, 1.165) is 38.0 Å². The Morgan fingerprint density at radius 3 is 2.74 bits per heavy atom.